The van der Waals surface area contributed by atoms with Gasteiger partial charge in [-0.05, 0) is 43.5 Å². The summed E-state index contributed by atoms with van der Waals surface area (Å²) in [6, 6.07) is 8.20. The Kier molecular flexibility index (Phi) is 3.69. The van der Waals surface area contributed by atoms with Gasteiger partial charge in [0.25, 0.3) is 5.91 Å². The number of amides is 1. The van der Waals surface area contributed by atoms with Crippen molar-refractivity contribution in [3.8, 4) is 0 Å². The third-order valence-electron chi connectivity index (χ3n) is 4.11. The third kappa shape index (κ3) is 2.80. The Bertz CT molecular complexity index is 576. The van der Waals surface area contributed by atoms with Gasteiger partial charge in [-0.2, -0.15) is 0 Å². The largest absolute Gasteiger partial charge is 0.394 e. The molecule has 112 valence electrons. The Balaban J connectivity index is 1.67. The number of benzene rings is 1. The summed E-state index contributed by atoms with van der Waals surface area (Å²) in [5.74, 6) is -0.263. The van der Waals surface area contributed by atoms with E-state index in [1.165, 1.54) is 0 Å². The Morgan fingerprint density at radius 3 is 2.57 bits per heavy atom. The number of nitrogens with one attached hydrogen (secondary N) is 2. The Hall–Kier alpha value is -1.85. The number of carbonyl (C=O) groups excluding carboxylic acids is 1. The highest BCUT2D eigenvalue weighted by molar-refractivity contribution is 6.03. The lowest BCUT2D eigenvalue weighted by Gasteiger charge is -2.23. The van der Waals surface area contributed by atoms with E-state index >= 15 is 0 Å². The standard InChI is InChI=1S/C16H21N3O2/c1-9(2)14(17)16(20)19-11-5-3-10(4-6-11)15-13-7-12(21-15)8-18-13/h3-6,12-13,15,18H,7-8,17H2,1-2H3,(H,19,20)/t12-,13?,15?/m0/s1. The van der Waals surface area contributed by atoms with Crippen LogP contribution in [0.5, 0.6) is 0 Å². The van der Waals surface area contributed by atoms with Crippen molar-refractivity contribution in [2.45, 2.75) is 38.5 Å². The molecule has 2 unspecified atom stereocenters. The summed E-state index contributed by atoms with van der Waals surface area (Å²) in [7, 11) is 0. The van der Waals surface area contributed by atoms with Gasteiger partial charge in [0.05, 0.1) is 17.9 Å². The molecule has 1 aromatic rings. The van der Waals surface area contributed by atoms with Gasteiger partial charge in [-0.1, -0.05) is 12.1 Å². The van der Waals surface area contributed by atoms with Crippen LogP contribution in [0.3, 0.4) is 0 Å². The number of morpholine rings is 1. The van der Waals surface area contributed by atoms with E-state index in [1.807, 2.05) is 38.1 Å². The number of hydrogen-bond donors (Lipinski definition) is 3. The van der Waals surface area contributed by atoms with Crippen LogP contribution < -0.4 is 16.4 Å². The zero-order valence-corrected chi connectivity index (χ0v) is 12.3. The Morgan fingerprint density at radius 1 is 1.33 bits per heavy atom. The lowest BCUT2D eigenvalue weighted by Crippen LogP contribution is -2.33. The topological polar surface area (TPSA) is 76.4 Å². The maximum Gasteiger partial charge on any atom is 0.271 e. The molecule has 5 nitrogen and oxygen atoms in total. The molecular weight excluding hydrogens is 266 g/mol. The lowest BCUT2D eigenvalue weighted by atomic mass is 10.0. The van der Waals surface area contributed by atoms with Crippen LogP contribution in [0.1, 0.15) is 31.9 Å². The summed E-state index contributed by atoms with van der Waals surface area (Å²) in [5.41, 5.74) is 8.67. The minimum Gasteiger partial charge on any atom is -0.394 e. The average Bonchev–Trinajstić information content (AvgIpc) is 3.09. The summed E-state index contributed by atoms with van der Waals surface area (Å²) in [6.45, 7) is 4.59. The fraction of sp³-hybridized carbons (Fsp3) is 0.438. The van der Waals surface area contributed by atoms with Crippen LogP contribution in [-0.2, 0) is 9.53 Å². The number of carbonyl (C=O) groups is 1. The van der Waals surface area contributed by atoms with Crippen LogP contribution in [0, 0.1) is 0 Å². The maximum atomic E-state index is 11.9. The van der Waals surface area contributed by atoms with E-state index < -0.39 is 0 Å². The first-order chi connectivity index (χ1) is 10.0. The van der Waals surface area contributed by atoms with Crippen LogP contribution in [0.2, 0.25) is 0 Å². The van der Waals surface area contributed by atoms with Gasteiger partial charge >= 0.3 is 0 Å². The number of rotatable bonds is 3. The molecule has 21 heavy (non-hydrogen) atoms. The summed E-state index contributed by atoms with van der Waals surface area (Å²) < 4.78 is 5.96. The summed E-state index contributed by atoms with van der Waals surface area (Å²) in [6.07, 6.45) is 1.55. The number of fused-ring (bicyclic) bond motifs is 2. The highest BCUT2D eigenvalue weighted by Gasteiger charge is 2.41. The fourth-order valence-electron chi connectivity index (χ4n) is 2.86. The van der Waals surface area contributed by atoms with Crippen molar-refractivity contribution in [2.75, 3.05) is 11.9 Å². The minimum atomic E-state index is -0.263. The number of ether oxygens (including phenoxy) is 1. The van der Waals surface area contributed by atoms with E-state index in [1.54, 1.807) is 0 Å². The molecule has 0 spiro atoms. The molecule has 2 bridgehead atoms. The van der Waals surface area contributed by atoms with Crippen LogP contribution in [0.15, 0.2) is 35.5 Å². The minimum absolute atomic E-state index is 0.122. The average molecular weight is 287 g/mol. The lowest BCUT2D eigenvalue weighted by molar-refractivity contribution is -0.112. The monoisotopic (exact) mass is 287 g/mol. The summed E-state index contributed by atoms with van der Waals surface area (Å²) in [5, 5.41) is 6.26. The van der Waals surface area contributed by atoms with Crippen molar-refractivity contribution in [1.82, 2.24) is 5.32 Å². The van der Waals surface area contributed by atoms with Crippen molar-refractivity contribution in [3.05, 3.63) is 41.1 Å². The number of anilines is 1. The van der Waals surface area contributed by atoms with Crippen LogP contribution >= 0.6 is 0 Å². The van der Waals surface area contributed by atoms with E-state index in [9.17, 15) is 4.79 Å². The molecule has 3 atom stereocenters. The molecular formula is C16H21N3O2. The molecule has 0 aliphatic carbocycles. The second kappa shape index (κ2) is 5.50. The molecule has 3 rings (SSSR count). The molecule has 2 aliphatic heterocycles. The predicted molar refractivity (Wildman–Crippen MR) is 81.7 cm³/mol. The smallest absolute Gasteiger partial charge is 0.271 e. The molecule has 1 aromatic carbocycles. The van der Waals surface area contributed by atoms with Crippen LogP contribution in [0.4, 0.5) is 5.69 Å². The number of allylic oxidation sites excluding steroid dienone is 1. The van der Waals surface area contributed by atoms with E-state index in [0.717, 1.165) is 29.8 Å². The second-order valence-electron chi connectivity index (χ2n) is 5.92. The molecule has 2 aliphatic rings. The highest BCUT2D eigenvalue weighted by atomic mass is 16.5. The molecule has 2 fully saturated rings. The summed E-state index contributed by atoms with van der Waals surface area (Å²) in [4.78, 5) is 11.9. The van der Waals surface area contributed by atoms with Crippen molar-refractivity contribution in [2.24, 2.45) is 5.73 Å². The van der Waals surface area contributed by atoms with Crippen molar-refractivity contribution in [3.63, 3.8) is 0 Å². The van der Waals surface area contributed by atoms with E-state index in [0.29, 0.717) is 12.1 Å². The zero-order chi connectivity index (χ0) is 15.0. The van der Waals surface area contributed by atoms with Crippen molar-refractivity contribution >= 4 is 11.6 Å². The van der Waals surface area contributed by atoms with Gasteiger partial charge in [0.1, 0.15) is 0 Å². The van der Waals surface area contributed by atoms with Gasteiger partial charge in [0.15, 0.2) is 0 Å². The third-order valence-corrected chi connectivity index (χ3v) is 4.11. The van der Waals surface area contributed by atoms with Gasteiger partial charge in [-0.25, -0.2) is 0 Å². The first kappa shape index (κ1) is 14.1. The molecule has 2 saturated heterocycles. The second-order valence-corrected chi connectivity index (χ2v) is 5.92. The normalized spacial score (nSPS) is 26.7. The molecule has 4 N–H and O–H groups in total. The van der Waals surface area contributed by atoms with Gasteiger partial charge in [0.2, 0.25) is 0 Å². The number of hydrogen-bond acceptors (Lipinski definition) is 4. The van der Waals surface area contributed by atoms with Gasteiger partial charge in [0, 0.05) is 18.3 Å². The Morgan fingerprint density at radius 2 is 2.05 bits per heavy atom. The molecule has 1 amide bonds. The predicted octanol–water partition coefficient (Wildman–Crippen LogP) is 1.68. The van der Waals surface area contributed by atoms with Gasteiger partial charge < -0.3 is 21.1 Å². The molecule has 2 heterocycles. The van der Waals surface area contributed by atoms with Crippen LogP contribution in [-0.4, -0.2) is 24.6 Å². The van der Waals surface area contributed by atoms with Crippen molar-refractivity contribution in [1.29, 1.82) is 0 Å². The highest BCUT2D eigenvalue weighted by Crippen LogP contribution is 2.36. The summed E-state index contributed by atoms with van der Waals surface area (Å²) >= 11 is 0. The fourth-order valence-corrected chi connectivity index (χ4v) is 2.86. The first-order valence-corrected chi connectivity index (χ1v) is 7.27. The van der Waals surface area contributed by atoms with Gasteiger partial charge in [-0.3, -0.25) is 4.79 Å². The Labute approximate surface area is 124 Å². The van der Waals surface area contributed by atoms with E-state index in [2.05, 4.69) is 10.6 Å². The maximum absolute atomic E-state index is 11.9. The molecule has 0 saturated carbocycles. The first-order valence-electron chi connectivity index (χ1n) is 7.27. The zero-order valence-electron chi connectivity index (χ0n) is 12.3. The van der Waals surface area contributed by atoms with E-state index in [-0.39, 0.29) is 17.7 Å². The molecule has 0 radical (unpaired) electrons. The van der Waals surface area contributed by atoms with Crippen LogP contribution in [0.25, 0.3) is 0 Å². The van der Waals surface area contributed by atoms with Crippen molar-refractivity contribution < 1.29 is 9.53 Å². The molecule has 5 heteroatoms. The SMILES string of the molecule is CC(C)=C(N)C(=O)Nc1ccc(C2O[C@@H]3CNC2C3)cc1. The number of nitrogens with two attached hydrogens (primary N) is 1. The van der Waals surface area contributed by atoms with E-state index in [4.69, 9.17) is 10.5 Å². The van der Waals surface area contributed by atoms with Gasteiger partial charge in [-0.15, -0.1) is 0 Å². The quantitative estimate of drug-likeness (QED) is 0.739. The molecule has 0 aromatic heterocycles.